The van der Waals surface area contributed by atoms with Crippen molar-refractivity contribution in [1.29, 1.82) is 0 Å². The highest BCUT2D eigenvalue weighted by Crippen LogP contribution is 2.26. The standard InChI is InChI=1S/C29H48NO4P/c1-4-22(3)30-20-19-25(15-17-27-24(5-2)16-18-29(32)33-27)28(34-35)14-9-7-6-8-11-23-12-10-13-26(31)21-23/h6-8,11,15-18,22-28,30-31H,4-5,9-10,12-14,19-21,35H2,1-3H3. The summed E-state index contributed by atoms with van der Waals surface area (Å²) in [5.74, 6) is 0.672. The molecule has 0 amide bonds. The number of aliphatic hydroxyl groups is 1. The average molecular weight is 506 g/mol. The molecule has 1 aliphatic heterocycles. The van der Waals surface area contributed by atoms with Crippen LogP contribution in [0, 0.1) is 17.8 Å². The summed E-state index contributed by atoms with van der Waals surface area (Å²) >= 11 is 0. The Morgan fingerprint density at radius 2 is 2.09 bits per heavy atom. The summed E-state index contributed by atoms with van der Waals surface area (Å²) in [5.41, 5.74) is 0. The fourth-order valence-electron chi connectivity index (χ4n) is 4.84. The molecule has 0 aromatic rings. The van der Waals surface area contributed by atoms with Crippen molar-refractivity contribution < 1.29 is 19.2 Å². The van der Waals surface area contributed by atoms with Crippen molar-refractivity contribution in [1.82, 2.24) is 5.32 Å². The monoisotopic (exact) mass is 505 g/mol. The minimum absolute atomic E-state index is 0.0621. The maximum atomic E-state index is 11.8. The van der Waals surface area contributed by atoms with Gasteiger partial charge in [-0.15, -0.1) is 0 Å². The van der Waals surface area contributed by atoms with Gasteiger partial charge in [-0.2, -0.15) is 0 Å². The van der Waals surface area contributed by atoms with E-state index < -0.39 is 0 Å². The number of hydrogen-bond acceptors (Lipinski definition) is 5. The fraction of sp³-hybridized carbons (Fsp3) is 0.690. The quantitative estimate of drug-likeness (QED) is 0.122. The SMILES string of the molecule is CCC(C)NCCC(C=CC1OC(=O)C=CC1CC)C(CCC=CC=CC1CCCC(O)C1)OP. The van der Waals surface area contributed by atoms with Crippen LogP contribution < -0.4 is 5.32 Å². The lowest BCUT2D eigenvalue weighted by atomic mass is 9.87. The molecule has 8 atom stereocenters. The first-order chi connectivity index (χ1) is 17.0. The highest BCUT2D eigenvalue weighted by Gasteiger charge is 2.25. The number of allylic oxidation sites excluding steroid dienone is 4. The third-order valence-electron chi connectivity index (χ3n) is 7.34. The van der Waals surface area contributed by atoms with E-state index in [-0.39, 0.29) is 36.1 Å². The Kier molecular flexibility index (Phi) is 14.8. The number of carbonyl (C=O) groups is 1. The molecule has 0 bridgehead atoms. The van der Waals surface area contributed by atoms with E-state index in [0.717, 1.165) is 57.9 Å². The fourth-order valence-corrected chi connectivity index (χ4v) is 5.18. The predicted molar refractivity (Wildman–Crippen MR) is 148 cm³/mol. The Balaban J connectivity index is 1.94. The van der Waals surface area contributed by atoms with Crippen LogP contribution in [0.2, 0.25) is 0 Å². The van der Waals surface area contributed by atoms with Crippen molar-refractivity contribution >= 4 is 15.4 Å². The van der Waals surface area contributed by atoms with Gasteiger partial charge >= 0.3 is 5.97 Å². The molecule has 8 unspecified atom stereocenters. The minimum Gasteiger partial charge on any atom is -0.454 e. The van der Waals surface area contributed by atoms with E-state index in [0.29, 0.717) is 12.0 Å². The highest BCUT2D eigenvalue weighted by molar-refractivity contribution is 7.09. The van der Waals surface area contributed by atoms with E-state index in [1.54, 1.807) is 0 Å². The first-order valence-electron chi connectivity index (χ1n) is 13.6. The van der Waals surface area contributed by atoms with E-state index in [1.807, 2.05) is 6.08 Å². The molecule has 2 aliphatic rings. The molecule has 1 aliphatic carbocycles. The number of hydrogen-bond donors (Lipinski definition) is 2. The van der Waals surface area contributed by atoms with Crippen LogP contribution in [0.1, 0.15) is 78.6 Å². The normalized spacial score (nSPS) is 28.1. The van der Waals surface area contributed by atoms with E-state index in [4.69, 9.17) is 9.26 Å². The molecule has 0 radical (unpaired) electrons. The van der Waals surface area contributed by atoms with Crippen molar-refractivity contribution in [2.45, 2.75) is 103 Å². The Morgan fingerprint density at radius 3 is 2.80 bits per heavy atom. The van der Waals surface area contributed by atoms with E-state index in [9.17, 15) is 9.90 Å². The number of carbonyl (C=O) groups excluding carboxylic acids is 1. The van der Waals surface area contributed by atoms with Gasteiger partial charge in [-0.1, -0.05) is 56.7 Å². The molecule has 0 saturated heterocycles. The van der Waals surface area contributed by atoms with Crippen LogP contribution in [0.3, 0.4) is 0 Å². The maximum Gasteiger partial charge on any atom is 0.331 e. The van der Waals surface area contributed by atoms with Crippen LogP contribution >= 0.6 is 9.47 Å². The van der Waals surface area contributed by atoms with Gasteiger partial charge in [0.1, 0.15) is 6.10 Å². The summed E-state index contributed by atoms with van der Waals surface area (Å²) in [6.07, 6.45) is 25.1. The third kappa shape index (κ3) is 11.6. The molecule has 0 aromatic carbocycles. The number of esters is 1. The van der Waals surface area contributed by atoms with Crippen LogP contribution in [-0.2, 0) is 14.1 Å². The van der Waals surface area contributed by atoms with Crippen molar-refractivity contribution in [3.05, 3.63) is 48.6 Å². The minimum atomic E-state index is -0.265. The molecule has 1 saturated carbocycles. The zero-order valence-corrected chi connectivity index (χ0v) is 23.1. The number of nitrogens with one attached hydrogen (secondary N) is 1. The van der Waals surface area contributed by atoms with Gasteiger partial charge in [0.2, 0.25) is 0 Å². The second-order valence-corrected chi connectivity index (χ2v) is 10.4. The topological polar surface area (TPSA) is 67.8 Å². The Hall–Kier alpha value is -1.26. The van der Waals surface area contributed by atoms with Crippen LogP contribution in [-0.4, -0.2) is 42.0 Å². The van der Waals surface area contributed by atoms with Gasteiger partial charge in [0.05, 0.1) is 12.2 Å². The molecule has 1 fully saturated rings. The summed E-state index contributed by atoms with van der Waals surface area (Å²) < 4.78 is 11.4. The van der Waals surface area contributed by atoms with Gasteiger partial charge in [-0.25, -0.2) is 4.79 Å². The van der Waals surface area contributed by atoms with Crippen molar-refractivity contribution in [2.75, 3.05) is 6.54 Å². The summed E-state index contributed by atoms with van der Waals surface area (Å²) in [6.45, 7) is 7.44. The zero-order chi connectivity index (χ0) is 25.5. The smallest absolute Gasteiger partial charge is 0.331 e. The molecule has 2 N–H and O–H groups in total. The highest BCUT2D eigenvalue weighted by atomic mass is 31.0. The number of aliphatic hydroxyl groups excluding tert-OH is 1. The van der Waals surface area contributed by atoms with Gasteiger partial charge in [0.15, 0.2) is 0 Å². The lowest BCUT2D eigenvalue weighted by molar-refractivity contribution is -0.143. The molecule has 5 nitrogen and oxygen atoms in total. The van der Waals surface area contributed by atoms with Crippen LogP contribution in [0.25, 0.3) is 0 Å². The summed E-state index contributed by atoms with van der Waals surface area (Å²) in [6, 6.07) is 0.490. The first kappa shape index (κ1) is 30.0. The second-order valence-electron chi connectivity index (χ2n) is 10.1. The number of cyclic esters (lactones) is 1. The van der Waals surface area contributed by atoms with Crippen molar-refractivity contribution in [3.8, 4) is 0 Å². The average Bonchev–Trinajstić information content (AvgIpc) is 2.86. The van der Waals surface area contributed by atoms with Gasteiger partial charge in [0, 0.05) is 33.4 Å². The molecule has 1 heterocycles. The first-order valence-corrected chi connectivity index (χ1v) is 14.1. The number of rotatable bonds is 15. The maximum absolute atomic E-state index is 11.8. The number of ether oxygens (including phenoxy) is 1. The Bertz CT molecular complexity index is 719. The van der Waals surface area contributed by atoms with Crippen LogP contribution in [0.15, 0.2) is 48.6 Å². The van der Waals surface area contributed by atoms with Crippen LogP contribution in [0.5, 0.6) is 0 Å². The lowest BCUT2D eigenvalue weighted by Crippen LogP contribution is -2.31. The Morgan fingerprint density at radius 1 is 1.26 bits per heavy atom. The largest absolute Gasteiger partial charge is 0.454 e. The molecule has 6 heteroatoms. The second kappa shape index (κ2) is 17.2. The molecule has 35 heavy (non-hydrogen) atoms. The van der Waals surface area contributed by atoms with Crippen molar-refractivity contribution in [2.24, 2.45) is 17.8 Å². The van der Waals surface area contributed by atoms with E-state index in [2.05, 4.69) is 72.0 Å². The molecule has 2 rings (SSSR count). The van der Waals surface area contributed by atoms with E-state index in [1.165, 1.54) is 12.5 Å². The molecule has 198 valence electrons. The van der Waals surface area contributed by atoms with Gasteiger partial charge in [-0.3, -0.25) is 0 Å². The summed E-state index contributed by atoms with van der Waals surface area (Å²) in [7, 11) is 2.46. The molecular weight excluding hydrogens is 457 g/mol. The Labute approximate surface area is 215 Å². The summed E-state index contributed by atoms with van der Waals surface area (Å²) in [4.78, 5) is 11.8. The van der Waals surface area contributed by atoms with E-state index >= 15 is 0 Å². The molecule has 0 aromatic heterocycles. The molecule has 0 spiro atoms. The van der Waals surface area contributed by atoms with Gasteiger partial charge < -0.3 is 19.7 Å². The third-order valence-corrected chi connectivity index (χ3v) is 7.69. The molecular formula is C29H48NO4P. The predicted octanol–water partition coefficient (Wildman–Crippen LogP) is 6.06. The van der Waals surface area contributed by atoms with Crippen LogP contribution in [0.4, 0.5) is 0 Å². The zero-order valence-electron chi connectivity index (χ0n) is 22.0. The van der Waals surface area contributed by atoms with Gasteiger partial charge in [-0.05, 0) is 76.8 Å². The lowest BCUT2D eigenvalue weighted by Gasteiger charge is -2.27. The van der Waals surface area contributed by atoms with Crippen molar-refractivity contribution in [3.63, 3.8) is 0 Å². The van der Waals surface area contributed by atoms with Gasteiger partial charge in [0.25, 0.3) is 0 Å². The summed E-state index contributed by atoms with van der Waals surface area (Å²) in [5, 5.41) is 13.4.